The number of methoxy groups -OCH3 is 1. The number of ether oxygens (including phenoxy) is 1. The summed E-state index contributed by atoms with van der Waals surface area (Å²) in [4.78, 5) is 40.5. The van der Waals surface area contributed by atoms with Crippen LogP contribution < -0.4 is 10.6 Å². The van der Waals surface area contributed by atoms with Crippen molar-refractivity contribution in [1.29, 1.82) is 0 Å². The maximum Gasteiger partial charge on any atom is 0.411 e. The fourth-order valence-corrected chi connectivity index (χ4v) is 5.05. The molecule has 2 heterocycles. The highest BCUT2D eigenvalue weighted by Crippen LogP contribution is 2.27. The molecular weight excluding hydrogens is 558 g/mol. The van der Waals surface area contributed by atoms with Crippen LogP contribution in [-0.4, -0.2) is 62.7 Å². The predicted octanol–water partition coefficient (Wildman–Crippen LogP) is 3.82. The number of nitrogens with one attached hydrogen (secondary N) is 2. The number of benzene rings is 3. The lowest BCUT2D eigenvalue weighted by Crippen LogP contribution is -2.50. The Kier molecular flexibility index (Phi) is 8.88. The number of carbonyl (C=O) groups is 3. The van der Waals surface area contributed by atoms with Crippen LogP contribution in [0.15, 0.2) is 79.1 Å². The summed E-state index contributed by atoms with van der Waals surface area (Å²) in [5, 5.41) is 17.4. The Morgan fingerprint density at radius 1 is 1.10 bits per heavy atom. The molecule has 0 saturated carbocycles. The third-order valence-corrected chi connectivity index (χ3v) is 7.13. The van der Waals surface area contributed by atoms with Crippen molar-refractivity contribution in [2.24, 2.45) is 0 Å². The molecule has 0 bridgehead atoms. The van der Waals surface area contributed by atoms with Crippen molar-refractivity contribution >= 4 is 41.3 Å². The van der Waals surface area contributed by atoms with Crippen LogP contribution in [0.4, 0.5) is 10.5 Å². The van der Waals surface area contributed by atoms with E-state index in [1.54, 1.807) is 29.2 Å². The van der Waals surface area contributed by atoms with Crippen LogP contribution in [0.2, 0.25) is 5.02 Å². The van der Waals surface area contributed by atoms with Gasteiger partial charge in [-0.3, -0.25) is 14.9 Å². The van der Waals surface area contributed by atoms with Crippen molar-refractivity contribution < 1.29 is 19.1 Å². The molecule has 214 valence electrons. The number of anilines is 1. The molecule has 2 N–H and O–H groups in total. The number of amides is 3. The minimum absolute atomic E-state index is 0.199. The van der Waals surface area contributed by atoms with Crippen molar-refractivity contribution in [1.82, 2.24) is 30.4 Å². The molecular formula is C30H28ClN7O4. The van der Waals surface area contributed by atoms with Gasteiger partial charge in [-0.1, -0.05) is 54.1 Å². The monoisotopic (exact) mass is 585 g/mol. The van der Waals surface area contributed by atoms with E-state index < -0.39 is 18.0 Å². The summed E-state index contributed by atoms with van der Waals surface area (Å²) in [6.45, 7) is 0.778. The van der Waals surface area contributed by atoms with Crippen molar-refractivity contribution in [2.45, 2.75) is 25.4 Å². The molecule has 0 spiro atoms. The van der Waals surface area contributed by atoms with Gasteiger partial charge in [-0.2, -0.15) is 4.68 Å². The Bertz CT molecular complexity index is 1610. The molecule has 1 aliphatic rings. The van der Waals surface area contributed by atoms with Crippen molar-refractivity contribution in [3.63, 3.8) is 0 Å². The van der Waals surface area contributed by atoms with Gasteiger partial charge >= 0.3 is 6.09 Å². The zero-order chi connectivity index (χ0) is 29.5. The lowest BCUT2D eigenvalue weighted by molar-refractivity contribution is -0.136. The average Bonchev–Trinajstić information content (AvgIpc) is 3.54. The van der Waals surface area contributed by atoms with Crippen molar-refractivity contribution in [3.8, 4) is 5.69 Å². The molecule has 0 saturated heterocycles. The van der Waals surface area contributed by atoms with Gasteiger partial charge < -0.3 is 15.0 Å². The van der Waals surface area contributed by atoms with Gasteiger partial charge in [-0.15, -0.1) is 5.10 Å². The quantitative estimate of drug-likeness (QED) is 0.301. The lowest BCUT2D eigenvalue weighted by atomic mass is 9.96. The lowest BCUT2D eigenvalue weighted by Gasteiger charge is -2.33. The van der Waals surface area contributed by atoms with Crippen molar-refractivity contribution in [3.05, 3.63) is 106 Å². The summed E-state index contributed by atoms with van der Waals surface area (Å²) in [6, 6.07) is 19.4. The first kappa shape index (κ1) is 28.5. The Labute approximate surface area is 247 Å². The van der Waals surface area contributed by atoms with E-state index in [0.717, 1.165) is 16.7 Å². The minimum atomic E-state index is -0.805. The Balaban J connectivity index is 1.34. The van der Waals surface area contributed by atoms with Gasteiger partial charge in [-0.25, -0.2) is 4.79 Å². The Morgan fingerprint density at radius 2 is 1.93 bits per heavy atom. The van der Waals surface area contributed by atoms with E-state index in [9.17, 15) is 14.4 Å². The van der Waals surface area contributed by atoms with Gasteiger partial charge in [0, 0.05) is 41.9 Å². The van der Waals surface area contributed by atoms with E-state index in [0.29, 0.717) is 47.9 Å². The largest absolute Gasteiger partial charge is 0.453 e. The molecule has 1 aliphatic heterocycles. The van der Waals surface area contributed by atoms with E-state index in [-0.39, 0.29) is 5.91 Å². The molecule has 1 unspecified atom stereocenters. The third-order valence-electron chi connectivity index (χ3n) is 6.90. The van der Waals surface area contributed by atoms with Gasteiger partial charge in [0.05, 0.1) is 12.8 Å². The normalized spacial score (nSPS) is 13.3. The van der Waals surface area contributed by atoms with Crippen LogP contribution >= 0.6 is 11.6 Å². The smallest absolute Gasteiger partial charge is 0.411 e. The Hall–Kier alpha value is -5.03. The molecule has 1 aromatic heterocycles. The van der Waals surface area contributed by atoms with E-state index in [1.165, 1.54) is 24.2 Å². The fraction of sp³-hybridized carbons (Fsp3) is 0.200. The number of rotatable bonds is 8. The second-order valence-electron chi connectivity index (χ2n) is 9.61. The number of halogens is 1. The molecule has 0 aliphatic carbocycles. The molecule has 5 rings (SSSR count). The van der Waals surface area contributed by atoms with Gasteiger partial charge in [0.1, 0.15) is 12.4 Å². The number of carbonyl (C=O) groups excluding carboxylic acids is 3. The van der Waals surface area contributed by atoms with E-state index in [1.807, 2.05) is 48.5 Å². The summed E-state index contributed by atoms with van der Waals surface area (Å²) in [5.74, 6) is -0.636. The summed E-state index contributed by atoms with van der Waals surface area (Å²) in [7, 11) is 1.31. The summed E-state index contributed by atoms with van der Waals surface area (Å²) in [6.07, 6.45) is 4.72. The number of hydrogen-bond acceptors (Lipinski definition) is 7. The number of aromatic nitrogens is 4. The van der Waals surface area contributed by atoms with Gasteiger partial charge in [0.25, 0.3) is 0 Å². The first-order chi connectivity index (χ1) is 20.4. The van der Waals surface area contributed by atoms with Crippen LogP contribution in [0.5, 0.6) is 0 Å². The molecule has 11 nitrogen and oxygen atoms in total. The molecule has 12 heteroatoms. The highest BCUT2D eigenvalue weighted by Gasteiger charge is 2.29. The topological polar surface area (TPSA) is 131 Å². The number of nitrogens with zero attached hydrogens (tertiary/aromatic N) is 5. The molecule has 0 fully saturated rings. The highest BCUT2D eigenvalue weighted by molar-refractivity contribution is 6.30. The van der Waals surface area contributed by atoms with Gasteiger partial charge in [0.15, 0.2) is 0 Å². The minimum Gasteiger partial charge on any atom is -0.453 e. The average molecular weight is 586 g/mol. The molecule has 42 heavy (non-hydrogen) atoms. The van der Waals surface area contributed by atoms with E-state index >= 15 is 0 Å². The molecule has 3 aromatic carbocycles. The maximum absolute atomic E-state index is 13.8. The SMILES string of the molecule is COC(=O)Nc1cccc2c1CCN(C(=O)C(Cc1ccccc1)NC(=O)/C=C/c1cc(Cl)ccc1-n1cnnn1)C2. The summed E-state index contributed by atoms with van der Waals surface area (Å²) >= 11 is 6.20. The second kappa shape index (κ2) is 13.1. The van der Waals surface area contributed by atoms with Crippen LogP contribution in [0.25, 0.3) is 11.8 Å². The number of fused-ring (bicyclic) bond motifs is 1. The molecule has 1 atom stereocenters. The zero-order valence-electron chi connectivity index (χ0n) is 22.7. The fourth-order valence-electron chi connectivity index (χ4n) is 4.87. The standard InChI is InChI=1S/C30H28ClN7O4/c1-42-30(41)34-25-9-5-8-22-18-37(15-14-24(22)25)29(40)26(16-20-6-3-2-4-7-20)33-28(39)13-10-21-17-23(31)11-12-27(21)38-19-32-35-36-38/h2-13,17,19,26H,14-16,18H2,1H3,(H,33,39)(H,34,41)/b13-10+. The zero-order valence-corrected chi connectivity index (χ0v) is 23.5. The number of hydrogen-bond donors (Lipinski definition) is 2. The predicted molar refractivity (Wildman–Crippen MR) is 157 cm³/mol. The molecule has 0 radical (unpaired) electrons. The van der Waals surface area contributed by atoms with E-state index in [2.05, 4.69) is 26.2 Å². The van der Waals surface area contributed by atoms with E-state index in [4.69, 9.17) is 16.3 Å². The molecule has 4 aromatic rings. The first-order valence-corrected chi connectivity index (χ1v) is 13.6. The van der Waals surface area contributed by atoms with Crippen molar-refractivity contribution in [2.75, 3.05) is 19.0 Å². The van der Waals surface area contributed by atoms with Gasteiger partial charge in [-0.05, 0) is 63.9 Å². The second-order valence-corrected chi connectivity index (χ2v) is 10.0. The van der Waals surface area contributed by atoms with Crippen LogP contribution in [0.1, 0.15) is 22.3 Å². The van der Waals surface area contributed by atoms with Crippen LogP contribution in [0, 0.1) is 0 Å². The van der Waals surface area contributed by atoms with Gasteiger partial charge in [0.2, 0.25) is 11.8 Å². The number of tetrazole rings is 1. The Morgan fingerprint density at radius 3 is 2.69 bits per heavy atom. The first-order valence-electron chi connectivity index (χ1n) is 13.2. The third kappa shape index (κ3) is 6.81. The summed E-state index contributed by atoms with van der Waals surface area (Å²) < 4.78 is 6.20. The molecule has 3 amide bonds. The van der Waals surface area contributed by atoms with Crippen LogP contribution in [0.3, 0.4) is 0 Å². The maximum atomic E-state index is 13.8. The highest BCUT2D eigenvalue weighted by atomic mass is 35.5. The van der Waals surface area contributed by atoms with Crippen LogP contribution in [-0.2, 0) is 33.7 Å². The summed E-state index contributed by atoms with van der Waals surface area (Å²) in [5.41, 5.74) is 4.71.